The summed E-state index contributed by atoms with van der Waals surface area (Å²) >= 11 is 0. The minimum absolute atomic E-state index is 0.134. The fourth-order valence-corrected chi connectivity index (χ4v) is 4.46. The third kappa shape index (κ3) is 5.40. The summed E-state index contributed by atoms with van der Waals surface area (Å²) in [6.07, 6.45) is 4.46. The van der Waals surface area contributed by atoms with E-state index in [4.69, 9.17) is 4.74 Å². The Hall–Kier alpha value is -3.23. The Morgan fingerprint density at radius 3 is 2.70 bits per heavy atom. The van der Waals surface area contributed by atoms with Crippen molar-refractivity contribution in [2.75, 3.05) is 26.7 Å². The molecule has 3 atom stereocenters. The first-order valence-corrected chi connectivity index (χ1v) is 11.2. The number of benzene rings is 1. The van der Waals surface area contributed by atoms with Crippen molar-refractivity contribution in [2.45, 2.75) is 31.9 Å². The van der Waals surface area contributed by atoms with Crippen molar-refractivity contribution in [3.05, 3.63) is 65.9 Å². The SMILES string of the molecule is Cc1ccnc(O[C@@H]2CN[C@H](C(=O)N3CC=C(c4ccccc4)CC3)[C@@H](C(=O)N(C)O)C2)c1. The number of nitrogens with one attached hydrogen (secondary N) is 1. The van der Waals surface area contributed by atoms with Gasteiger partial charge in [-0.1, -0.05) is 36.4 Å². The van der Waals surface area contributed by atoms with Gasteiger partial charge in [-0.2, -0.15) is 0 Å². The summed E-state index contributed by atoms with van der Waals surface area (Å²) in [6.45, 7) is 3.43. The van der Waals surface area contributed by atoms with Crippen LogP contribution in [0.3, 0.4) is 0 Å². The van der Waals surface area contributed by atoms with Crippen LogP contribution in [0.25, 0.3) is 5.57 Å². The lowest BCUT2D eigenvalue weighted by Crippen LogP contribution is -2.60. The maximum Gasteiger partial charge on any atom is 0.251 e. The summed E-state index contributed by atoms with van der Waals surface area (Å²) in [6, 6.07) is 13.1. The summed E-state index contributed by atoms with van der Waals surface area (Å²) in [4.78, 5) is 32.1. The molecule has 0 spiro atoms. The molecule has 0 bridgehead atoms. The fourth-order valence-electron chi connectivity index (χ4n) is 4.46. The third-order valence-corrected chi connectivity index (χ3v) is 6.23. The molecule has 2 aliphatic rings. The normalized spacial score (nSPS) is 22.9. The van der Waals surface area contributed by atoms with E-state index in [1.54, 1.807) is 11.1 Å². The van der Waals surface area contributed by atoms with Crippen molar-refractivity contribution >= 4 is 17.4 Å². The average molecular weight is 451 g/mol. The second-order valence-electron chi connectivity index (χ2n) is 8.63. The highest BCUT2D eigenvalue weighted by atomic mass is 16.5. The molecule has 1 aromatic carbocycles. The number of carbonyl (C=O) groups is 2. The molecule has 1 saturated heterocycles. The molecule has 4 rings (SSSR count). The molecule has 2 N–H and O–H groups in total. The van der Waals surface area contributed by atoms with E-state index in [9.17, 15) is 14.8 Å². The second-order valence-corrected chi connectivity index (χ2v) is 8.63. The molecule has 8 heteroatoms. The minimum Gasteiger partial charge on any atom is -0.473 e. The largest absolute Gasteiger partial charge is 0.473 e. The number of nitrogens with zero attached hydrogens (tertiary/aromatic N) is 3. The summed E-state index contributed by atoms with van der Waals surface area (Å²) < 4.78 is 5.97. The Bertz CT molecular complexity index is 1020. The first-order chi connectivity index (χ1) is 15.9. The number of aromatic nitrogens is 1. The number of hydrogen-bond donors (Lipinski definition) is 2. The van der Waals surface area contributed by atoms with E-state index in [1.807, 2.05) is 37.3 Å². The molecule has 33 heavy (non-hydrogen) atoms. The number of ether oxygens (including phenoxy) is 1. The number of aryl methyl sites for hydroxylation is 1. The van der Waals surface area contributed by atoms with E-state index in [0.717, 1.165) is 12.0 Å². The maximum absolute atomic E-state index is 13.4. The number of amides is 2. The quantitative estimate of drug-likeness (QED) is 0.536. The minimum atomic E-state index is -0.740. The van der Waals surface area contributed by atoms with Crippen LogP contribution in [0, 0.1) is 12.8 Å². The lowest BCUT2D eigenvalue weighted by Gasteiger charge is -2.39. The Morgan fingerprint density at radius 2 is 2.03 bits per heavy atom. The van der Waals surface area contributed by atoms with Gasteiger partial charge < -0.3 is 15.0 Å². The van der Waals surface area contributed by atoms with Crippen LogP contribution in [-0.2, 0) is 9.59 Å². The Balaban J connectivity index is 1.45. The molecule has 1 fully saturated rings. The number of piperidine rings is 1. The second kappa shape index (κ2) is 10.1. The number of rotatable bonds is 5. The van der Waals surface area contributed by atoms with Gasteiger partial charge in [0.1, 0.15) is 6.10 Å². The van der Waals surface area contributed by atoms with Crippen molar-refractivity contribution < 1.29 is 19.5 Å². The van der Waals surface area contributed by atoms with Gasteiger partial charge in [0.15, 0.2) is 0 Å². The molecule has 2 amide bonds. The predicted octanol–water partition coefficient (Wildman–Crippen LogP) is 2.28. The van der Waals surface area contributed by atoms with E-state index in [0.29, 0.717) is 37.0 Å². The van der Waals surface area contributed by atoms with Crippen LogP contribution in [-0.4, -0.2) is 70.8 Å². The summed E-state index contributed by atoms with van der Waals surface area (Å²) in [5, 5.41) is 13.6. The van der Waals surface area contributed by atoms with Gasteiger partial charge >= 0.3 is 0 Å². The molecular formula is C25H30N4O4. The molecule has 0 unspecified atom stereocenters. The zero-order valence-corrected chi connectivity index (χ0v) is 19.0. The molecular weight excluding hydrogens is 420 g/mol. The zero-order valence-electron chi connectivity index (χ0n) is 19.0. The van der Waals surface area contributed by atoms with E-state index >= 15 is 0 Å². The Labute approximate surface area is 193 Å². The van der Waals surface area contributed by atoms with Crippen LogP contribution in [0.2, 0.25) is 0 Å². The topological polar surface area (TPSA) is 95.0 Å². The van der Waals surface area contributed by atoms with E-state index in [1.165, 1.54) is 18.2 Å². The third-order valence-electron chi connectivity index (χ3n) is 6.23. The molecule has 2 aliphatic heterocycles. The smallest absolute Gasteiger partial charge is 0.251 e. The molecule has 8 nitrogen and oxygen atoms in total. The van der Waals surface area contributed by atoms with Crippen LogP contribution in [0.4, 0.5) is 0 Å². The molecule has 0 aliphatic carbocycles. The van der Waals surface area contributed by atoms with E-state index in [2.05, 4.69) is 28.5 Å². The van der Waals surface area contributed by atoms with Crippen LogP contribution in [0.15, 0.2) is 54.7 Å². The number of carbonyl (C=O) groups excluding carboxylic acids is 2. The lowest BCUT2D eigenvalue weighted by atomic mass is 9.87. The monoisotopic (exact) mass is 450 g/mol. The average Bonchev–Trinajstić information content (AvgIpc) is 2.84. The molecule has 1 aromatic heterocycles. The van der Waals surface area contributed by atoms with Gasteiger partial charge in [0, 0.05) is 38.9 Å². The van der Waals surface area contributed by atoms with Crippen molar-refractivity contribution in [1.29, 1.82) is 0 Å². The first-order valence-electron chi connectivity index (χ1n) is 11.2. The van der Waals surface area contributed by atoms with Crippen molar-refractivity contribution in [1.82, 2.24) is 20.3 Å². The highest BCUT2D eigenvalue weighted by molar-refractivity contribution is 5.90. The van der Waals surface area contributed by atoms with Gasteiger partial charge in [-0.05, 0) is 42.5 Å². The van der Waals surface area contributed by atoms with E-state index < -0.39 is 17.9 Å². The summed E-state index contributed by atoms with van der Waals surface area (Å²) in [5.41, 5.74) is 3.41. The highest BCUT2D eigenvalue weighted by Gasteiger charge is 2.43. The molecule has 3 heterocycles. The number of pyridine rings is 1. The van der Waals surface area contributed by atoms with Crippen LogP contribution >= 0.6 is 0 Å². The van der Waals surface area contributed by atoms with Crippen molar-refractivity contribution in [2.24, 2.45) is 5.92 Å². The maximum atomic E-state index is 13.4. The number of hydroxylamine groups is 2. The molecule has 0 saturated carbocycles. The predicted molar refractivity (Wildman–Crippen MR) is 123 cm³/mol. The Kier molecular flexibility index (Phi) is 7.05. The summed E-state index contributed by atoms with van der Waals surface area (Å²) in [7, 11) is 1.28. The van der Waals surface area contributed by atoms with Gasteiger partial charge in [-0.25, -0.2) is 10.0 Å². The van der Waals surface area contributed by atoms with Crippen molar-refractivity contribution in [3.8, 4) is 5.88 Å². The van der Waals surface area contributed by atoms with Crippen LogP contribution in [0.1, 0.15) is 24.0 Å². The Morgan fingerprint density at radius 1 is 1.24 bits per heavy atom. The highest BCUT2D eigenvalue weighted by Crippen LogP contribution is 2.27. The van der Waals surface area contributed by atoms with Gasteiger partial charge in [-0.3, -0.25) is 14.8 Å². The lowest BCUT2D eigenvalue weighted by molar-refractivity contribution is -0.169. The molecule has 174 valence electrons. The number of hydrogen-bond acceptors (Lipinski definition) is 6. The van der Waals surface area contributed by atoms with Crippen LogP contribution < -0.4 is 10.1 Å². The molecule has 2 aromatic rings. The van der Waals surface area contributed by atoms with Gasteiger partial charge in [0.2, 0.25) is 11.8 Å². The molecule has 0 radical (unpaired) electrons. The van der Waals surface area contributed by atoms with Gasteiger partial charge in [0.05, 0.1) is 12.0 Å². The van der Waals surface area contributed by atoms with E-state index in [-0.39, 0.29) is 12.0 Å². The van der Waals surface area contributed by atoms with Crippen LogP contribution in [0.5, 0.6) is 5.88 Å². The fraction of sp³-hybridized carbons (Fsp3) is 0.400. The van der Waals surface area contributed by atoms with Gasteiger partial charge in [-0.15, -0.1) is 0 Å². The summed E-state index contributed by atoms with van der Waals surface area (Å²) in [5.74, 6) is -0.908. The zero-order chi connectivity index (χ0) is 23.4. The first kappa shape index (κ1) is 22.9. The van der Waals surface area contributed by atoms with Gasteiger partial charge in [0.25, 0.3) is 5.91 Å². The standard InChI is InChI=1S/C25H30N4O4/c1-17-8-11-26-22(14-17)33-20-15-21(24(30)28(2)32)23(27-16-20)25(31)29-12-9-19(10-13-29)18-6-4-3-5-7-18/h3-9,11,14,20-21,23,27,32H,10,12-13,15-16H2,1-2H3/t20-,21-,23-/m0/s1. The van der Waals surface area contributed by atoms with Crippen molar-refractivity contribution in [3.63, 3.8) is 0 Å².